The highest BCUT2D eigenvalue weighted by molar-refractivity contribution is 5.58. The maximum absolute atomic E-state index is 5.23. The quantitative estimate of drug-likeness (QED) is 0.673. The van der Waals surface area contributed by atoms with E-state index in [1.54, 1.807) is 12.2 Å². The van der Waals surface area contributed by atoms with Crippen LogP contribution in [0.3, 0.4) is 0 Å². The van der Waals surface area contributed by atoms with Crippen molar-refractivity contribution in [3.8, 4) is 0 Å². The van der Waals surface area contributed by atoms with E-state index in [1.807, 2.05) is 6.92 Å². The van der Waals surface area contributed by atoms with Crippen LogP contribution >= 0.6 is 0 Å². The Kier molecular flexibility index (Phi) is 2.11. The molecule has 3 heteroatoms. The van der Waals surface area contributed by atoms with Gasteiger partial charge in [-0.1, -0.05) is 6.58 Å². The molecule has 1 heterocycles. The lowest BCUT2D eigenvalue weighted by molar-refractivity contribution is 1.14. The molecule has 0 spiro atoms. The summed E-state index contributed by atoms with van der Waals surface area (Å²) >= 11 is 0. The second-order valence-electron chi connectivity index (χ2n) is 2.18. The third-order valence-corrected chi connectivity index (χ3v) is 1.34. The van der Waals surface area contributed by atoms with Gasteiger partial charge < -0.3 is 10.7 Å². The summed E-state index contributed by atoms with van der Waals surface area (Å²) in [5.41, 5.74) is 6.97. The number of aryl methyl sites for hydroxylation is 1. The van der Waals surface area contributed by atoms with E-state index in [-0.39, 0.29) is 1.43 Å². The van der Waals surface area contributed by atoms with Crippen molar-refractivity contribution in [1.29, 1.82) is 0 Å². The topological polar surface area (TPSA) is 54.7 Å². The Labute approximate surface area is 67.1 Å². The van der Waals surface area contributed by atoms with E-state index in [0.29, 0.717) is 0 Å². The molecular formula is C8H13N3. The molecule has 0 saturated heterocycles. The van der Waals surface area contributed by atoms with Crippen LogP contribution in [0.4, 0.5) is 0 Å². The van der Waals surface area contributed by atoms with Crippen molar-refractivity contribution < 1.29 is 1.43 Å². The van der Waals surface area contributed by atoms with Crippen LogP contribution < -0.4 is 5.73 Å². The average molecular weight is 151 g/mol. The van der Waals surface area contributed by atoms with Crippen LogP contribution in [-0.4, -0.2) is 9.97 Å². The van der Waals surface area contributed by atoms with Crippen LogP contribution in [0, 0.1) is 6.92 Å². The molecule has 0 aliphatic heterocycles. The van der Waals surface area contributed by atoms with Gasteiger partial charge in [-0.2, -0.15) is 0 Å². The summed E-state index contributed by atoms with van der Waals surface area (Å²) in [6.07, 6.45) is 4.93. The molecule has 0 fully saturated rings. The van der Waals surface area contributed by atoms with E-state index in [0.717, 1.165) is 17.2 Å². The lowest BCUT2D eigenvalue weighted by Crippen LogP contribution is -1.80. The van der Waals surface area contributed by atoms with Crippen molar-refractivity contribution in [2.75, 3.05) is 0 Å². The van der Waals surface area contributed by atoms with E-state index in [2.05, 4.69) is 16.5 Å². The fourth-order valence-corrected chi connectivity index (χ4v) is 0.907. The number of hydrogen-bond donors (Lipinski definition) is 2. The lowest BCUT2D eigenvalue weighted by atomic mass is 10.3. The zero-order chi connectivity index (χ0) is 8.27. The minimum atomic E-state index is 0. The van der Waals surface area contributed by atoms with Gasteiger partial charge in [0.05, 0.1) is 11.4 Å². The molecule has 0 aliphatic rings. The first-order chi connectivity index (χ1) is 5.27. The van der Waals surface area contributed by atoms with Crippen molar-refractivity contribution in [1.82, 2.24) is 9.97 Å². The molecule has 3 N–H and O–H groups in total. The first-order valence-corrected chi connectivity index (χ1v) is 3.35. The number of nitrogens with two attached hydrogens (primary N) is 1. The molecule has 1 aromatic heterocycles. The molecule has 0 aromatic carbocycles. The number of nitrogens with zero attached hydrogens (tertiary/aromatic N) is 1. The Bertz CT molecular complexity index is 288. The summed E-state index contributed by atoms with van der Waals surface area (Å²) < 4.78 is 0. The van der Waals surface area contributed by atoms with Crippen LogP contribution in [0.25, 0.3) is 12.2 Å². The SMILES string of the molecule is C=Cc1nc(C)[nH]c1/C=C\N.[HH]. The van der Waals surface area contributed by atoms with Crippen LogP contribution in [0.5, 0.6) is 0 Å². The Morgan fingerprint density at radius 1 is 1.73 bits per heavy atom. The highest BCUT2D eigenvalue weighted by atomic mass is 14.9. The van der Waals surface area contributed by atoms with Crippen molar-refractivity contribution in [2.24, 2.45) is 5.73 Å². The van der Waals surface area contributed by atoms with Crippen LogP contribution in [0.2, 0.25) is 0 Å². The van der Waals surface area contributed by atoms with E-state index in [1.165, 1.54) is 6.20 Å². The fraction of sp³-hybridized carbons (Fsp3) is 0.125. The molecule has 0 radical (unpaired) electrons. The number of aromatic amines is 1. The van der Waals surface area contributed by atoms with Gasteiger partial charge in [0.15, 0.2) is 0 Å². The maximum atomic E-state index is 5.23. The summed E-state index contributed by atoms with van der Waals surface area (Å²) in [4.78, 5) is 7.21. The van der Waals surface area contributed by atoms with Gasteiger partial charge in [-0.15, -0.1) is 0 Å². The third-order valence-electron chi connectivity index (χ3n) is 1.34. The normalized spacial score (nSPS) is 10.6. The lowest BCUT2D eigenvalue weighted by Gasteiger charge is -1.85. The number of aromatic nitrogens is 2. The Balaban J connectivity index is 0.00000121. The predicted molar refractivity (Wildman–Crippen MR) is 48.8 cm³/mol. The molecule has 1 rings (SSSR count). The van der Waals surface area contributed by atoms with Crippen LogP contribution in [0.15, 0.2) is 12.8 Å². The minimum Gasteiger partial charge on any atom is -0.405 e. The van der Waals surface area contributed by atoms with Crippen molar-refractivity contribution in [3.63, 3.8) is 0 Å². The summed E-state index contributed by atoms with van der Waals surface area (Å²) in [6.45, 7) is 5.52. The molecule has 0 saturated carbocycles. The summed E-state index contributed by atoms with van der Waals surface area (Å²) in [7, 11) is 0. The Morgan fingerprint density at radius 3 is 3.00 bits per heavy atom. The standard InChI is InChI=1S/C8H11N3.H2/c1-3-7-8(4-5-9)11-6(2)10-7;/h3-5H,1,9H2,2H3,(H,10,11);1H/b5-4-;. The first kappa shape index (κ1) is 7.60. The van der Waals surface area contributed by atoms with Gasteiger partial charge in [-0.3, -0.25) is 0 Å². The van der Waals surface area contributed by atoms with E-state index in [4.69, 9.17) is 5.73 Å². The zero-order valence-corrected chi connectivity index (χ0v) is 6.46. The number of H-pyrrole nitrogens is 1. The molecule has 3 nitrogen and oxygen atoms in total. The van der Waals surface area contributed by atoms with Crippen molar-refractivity contribution >= 4 is 12.2 Å². The maximum Gasteiger partial charge on any atom is 0.104 e. The second kappa shape index (κ2) is 3.05. The molecule has 0 unspecified atom stereocenters. The average Bonchev–Trinajstić information content (AvgIpc) is 2.32. The van der Waals surface area contributed by atoms with E-state index < -0.39 is 0 Å². The van der Waals surface area contributed by atoms with Gasteiger partial charge in [-0.25, -0.2) is 4.98 Å². The smallest absolute Gasteiger partial charge is 0.104 e. The number of hydrogen-bond acceptors (Lipinski definition) is 2. The summed E-state index contributed by atoms with van der Waals surface area (Å²) in [6, 6.07) is 0. The van der Waals surface area contributed by atoms with E-state index in [9.17, 15) is 0 Å². The Morgan fingerprint density at radius 2 is 2.45 bits per heavy atom. The zero-order valence-electron chi connectivity index (χ0n) is 6.46. The van der Waals surface area contributed by atoms with Gasteiger partial charge in [0.2, 0.25) is 0 Å². The van der Waals surface area contributed by atoms with Gasteiger partial charge in [0, 0.05) is 1.43 Å². The highest BCUT2D eigenvalue weighted by Crippen LogP contribution is 2.07. The summed E-state index contributed by atoms with van der Waals surface area (Å²) in [5.74, 6) is 0.869. The largest absolute Gasteiger partial charge is 0.405 e. The first-order valence-electron chi connectivity index (χ1n) is 3.35. The highest BCUT2D eigenvalue weighted by Gasteiger charge is 1.99. The minimum absolute atomic E-state index is 0. The molecule has 0 atom stereocenters. The second-order valence-corrected chi connectivity index (χ2v) is 2.18. The monoisotopic (exact) mass is 151 g/mol. The van der Waals surface area contributed by atoms with Crippen molar-refractivity contribution in [2.45, 2.75) is 6.92 Å². The molecule has 11 heavy (non-hydrogen) atoms. The van der Waals surface area contributed by atoms with E-state index >= 15 is 0 Å². The number of rotatable bonds is 2. The number of nitrogens with one attached hydrogen (secondary N) is 1. The molecule has 0 amide bonds. The molecule has 0 bridgehead atoms. The van der Waals surface area contributed by atoms with Gasteiger partial charge in [-0.05, 0) is 25.3 Å². The molecular weight excluding hydrogens is 138 g/mol. The molecule has 1 aromatic rings. The van der Waals surface area contributed by atoms with Crippen LogP contribution in [0.1, 0.15) is 18.6 Å². The molecule has 0 aliphatic carbocycles. The van der Waals surface area contributed by atoms with Gasteiger partial charge in [0.1, 0.15) is 5.82 Å². The third kappa shape index (κ3) is 1.49. The van der Waals surface area contributed by atoms with Crippen LogP contribution in [-0.2, 0) is 0 Å². The van der Waals surface area contributed by atoms with Gasteiger partial charge in [0.25, 0.3) is 0 Å². The Hall–Kier alpha value is -1.51. The molecule has 60 valence electrons. The van der Waals surface area contributed by atoms with Crippen molar-refractivity contribution in [3.05, 3.63) is 30.0 Å². The van der Waals surface area contributed by atoms with Gasteiger partial charge >= 0.3 is 0 Å². The fourth-order valence-electron chi connectivity index (χ4n) is 0.907. The predicted octanol–water partition coefficient (Wildman–Crippen LogP) is 1.54. The number of imidazole rings is 1. The summed E-state index contributed by atoms with van der Waals surface area (Å²) in [5, 5.41) is 0.